The summed E-state index contributed by atoms with van der Waals surface area (Å²) in [4.78, 5) is 66.5. The van der Waals surface area contributed by atoms with Crippen LogP contribution in [0.3, 0.4) is 0 Å². The summed E-state index contributed by atoms with van der Waals surface area (Å²) < 4.78 is 0. The third-order valence-corrected chi connectivity index (χ3v) is 6.82. The first-order chi connectivity index (χ1) is 20.3. The summed E-state index contributed by atoms with van der Waals surface area (Å²) in [6.45, 7) is 3.74. The van der Waals surface area contributed by atoms with Crippen molar-refractivity contribution in [2.75, 3.05) is 0 Å². The molecule has 4 amide bonds. The summed E-state index contributed by atoms with van der Waals surface area (Å²) in [7, 11) is 0. The van der Waals surface area contributed by atoms with Gasteiger partial charge in [-0.05, 0) is 41.7 Å². The van der Waals surface area contributed by atoms with Crippen LogP contribution < -0.4 is 27.4 Å². The molecule has 0 aliphatic carbocycles. The third kappa shape index (κ3) is 9.57. The maximum Gasteiger partial charge on any atom is 0.326 e. The standard InChI is InChI=1S/C30H38N6O7/c1-16(2)11-21(31)27(39)34-24(14-26(32)38)29(41)35-23(12-17-7-9-19(37)10-8-17)28(40)36-25(30(42)43)13-18-15-33-22-6-4-3-5-20(18)22/h3-10,15-16,21,23-25,33,37H,11-14,31H2,1-2H3,(H2,32,38)(H,34,39)(H,35,41)(H,36,40)(H,42,43). The minimum atomic E-state index is -1.43. The zero-order valence-corrected chi connectivity index (χ0v) is 24.0. The highest BCUT2D eigenvalue weighted by Gasteiger charge is 2.32. The number of nitrogens with one attached hydrogen (secondary N) is 4. The molecule has 0 aliphatic heterocycles. The highest BCUT2D eigenvalue weighted by molar-refractivity contribution is 5.96. The van der Waals surface area contributed by atoms with E-state index < -0.39 is 60.2 Å². The number of carboxylic acids is 1. The van der Waals surface area contributed by atoms with Crippen LogP contribution in [-0.4, -0.2) is 69.0 Å². The number of aromatic nitrogens is 1. The van der Waals surface area contributed by atoms with Gasteiger partial charge in [-0.15, -0.1) is 0 Å². The van der Waals surface area contributed by atoms with E-state index in [1.807, 2.05) is 38.1 Å². The number of aromatic amines is 1. The summed E-state index contributed by atoms with van der Waals surface area (Å²) in [6.07, 6.45) is 1.30. The average molecular weight is 595 g/mol. The fourth-order valence-corrected chi connectivity index (χ4v) is 4.65. The van der Waals surface area contributed by atoms with E-state index in [0.29, 0.717) is 17.5 Å². The predicted octanol–water partition coefficient (Wildman–Crippen LogP) is 0.447. The van der Waals surface area contributed by atoms with Crippen molar-refractivity contribution >= 4 is 40.5 Å². The van der Waals surface area contributed by atoms with Gasteiger partial charge < -0.3 is 42.6 Å². The average Bonchev–Trinajstić information content (AvgIpc) is 3.35. The van der Waals surface area contributed by atoms with E-state index in [4.69, 9.17) is 11.5 Å². The molecule has 13 nitrogen and oxygen atoms in total. The number of benzene rings is 2. The molecular formula is C30H38N6O7. The second-order valence-electron chi connectivity index (χ2n) is 10.9. The highest BCUT2D eigenvalue weighted by Crippen LogP contribution is 2.19. The molecule has 230 valence electrons. The third-order valence-electron chi connectivity index (χ3n) is 6.82. The van der Waals surface area contributed by atoms with Gasteiger partial charge in [0.25, 0.3) is 0 Å². The molecule has 0 saturated heterocycles. The Morgan fingerprint density at radius 2 is 1.44 bits per heavy atom. The fourth-order valence-electron chi connectivity index (χ4n) is 4.65. The Hall–Kier alpha value is -4.91. The van der Waals surface area contributed by atoms with Gasteiger partial charge in [-0.3, -0.25) is 19.2 Å². The van der Waals surface area contributed by atoms with E-state index in [0.717, 1.165) is 10.9 Å². The monoisotopic (exact) mass is 594 g/mol. The lowest BCUT2D eigenvalue weighted by atomic mass is 10.0. The smallest absolute Gasteiger partial charge is 0.326 e. The van der Waals surface area contributed by atoms with Crippen LogP contribution in [0.5, 0.6) is 5.75 Å². The van der Waals surface area contributed by atoms with Crippen molar-refractivity contribution in [1.29, 1.82) is 0 Å². The van der Waals surface area contributed by atoms with E-state index in [9.17, 15) is 34.2 Å². The van der Waals surface area contributed by atoms with Crippen molar-refractivity contribution in [3.05, 3.63) is 65.9 Å². The zero-order valence-electron chi connectivity index (χ0n) is 24.0. The van der Waals surface area contributed by atoms with E-state index in [1.165, 1.54) is 24.3 Å². The van der Waals surface area contributed by atoms with E-state index in [2.05, 4.69) is 20.9 Å². The number of fused-ring (bicyclic) bond motifs is 1. The number of carboxylic acid groups (broad SMARTS) is 1. The van der Waals surface area contributed by atoms with Crippen LogP contribution in [0.25, 0.3) is 10.9 Å². The summed E-state index contributed by atoms with van der Waals surface area (Å²) >= 11 is 0. The molecule has 10 N–H and O–H groups in total. The number of phenols is 1. The molecule has 4 atom stereocenters. The minimum absolute atomic E-state index is 0.0135. The lowest BCUT2D eigenvalue weighted by molar-refractivity contribution is -0.142. The van der Waals surface area contributed by atoms with Gasteiger partial charge in [0.15, 0.2) is 0 Å². The Morgan fingerprint density at radius 3 is 2.07 bits per heavy atom. The van der Waals surface area contributed by atoms with Gasteiger partial charge >= 0.3 is 5.97 Å². The van der Waals surface area contributed by atoms with Gasteiger partial charge in [-0.1, -0.05) is 44.2 Å². The molecule has 4 unspecified atom stereocenters. The summed E-state index contributed by atoms with van der Waals surface area (Å²) in [5.41, 5.74) is 13.3. The number of aromatic hydroxyl groups is 1. The second-order valence-corrected chi connectivity index (χ2v) is 10.9. The number of hydrogen-bond donors (Lipinski definition) is 8. The largest absolute Gasteiger partial charge is 0.508 e. The molecule has 3 aromatic rings. The normalized spacial score (nSPS) is 14.0. The Kier molecular flexibility index (Phi) is 11.2. The second kappa shape index (κ2) is 14.8. The van der Waals surface area contributed by atoms with Crippen molar-refractivity contribution < 1.29 is 34.2 Å². The molecular weight excluding hydrogens is 556 g/mol. The van der Waals surface area contributed by atoms with E-state index >= 15 is 0 Å². The molecule has 0 fully saturated rings. The molecule has 0 saturated carbocycles. The number of amides is 4. The van der Waals surface area contributed by atoms with Gasteiger partial charge in [0.1, 0.15) is 23.9 Å². The number of para-hydroxylation sites is 1. The van der Waals surface area contributed by atoms with Gasteiger partial charge in [-0.2, -0.15) is 0 Å². The maximum atomic E-state index is 13.5. The molecule has 0 spiro atoms. The molecule has 2 aromatic carbocycles. The van der Waals surface area contributed by atoms with Crippen LogP contribution in [0.4, 0.5) is 0 Å². The Bertz CT molecular complexity index is 1450. The first kappa shape index (κ1) is 32.6. The number of nitrogens with two attached hydrogens (primary N) is 2. The molecule has 0 bridgehead atoms. The fraction of sp³-hybridized carbons (Fsp3) is 0.367. The summed E-state index contributed by atoms with van der Waals surface area (Å²) in [5, 5.41) is 27.8. The molecule has 1 aromatic heterocycles. The molecule has 13 heteroatoms. The van der Waals surface area contributed by atoms with Gasteiger partial charge in [0, 0.05) is 29.9 Å². The number of rotatable bonds is 15. The van der Waals surface area contributed by atoms with Crippen LogP contribution in [-0.2, 0) is 36.8 Å². The van der Waals surface area contributed by atoms with Crippen LogP contribution in [0.15, 0.2) is 54.7 Å². The lowest BCUT2D eigenvalue weighted by Crippen LogP contribution is -2.58. The van der Waals surface area contributed by atoms with Crippen LogP contribution >= 0.6 is 0 Å². The Morgan fingerprint density at radius 1 is 0.837 bits per heavy atom. The topological polar surface area (TPSA) is 230 Å². The van der Waals surface area contributed by atoms with Crippen LogP contribution in [0.2, 0.25) is 0 Å². The number of phenolic OH excluding ortho intramolecular Hbond substituents is 1. The number of primary amides is 1. The first-order valence-corrected chi connectivity index (χ1v) is 13.8. The lowest BCUT2D eigenvalue weighted by Gasteiger charge is -2.25. The maximum absolute atomic E-state index is 13.5. The van der Waals surface area contributed by atoms with Crippen molar-refractivity contribution in [2.45, 2.75) is 63.7 Å². The predicted molar refractivity (Wildman–Crippen MR) is 158 cm³/mol. The quantitative estimate of drug-likeness (QED) is 0.123. The van der Waals surface area contributed by atoms with Crippen molar-refractivity contribution in [1.82, 2.24) is 20.9 Å². The zero-order chi connectivity index (χ0) is 31.7. The van der Waals surface area contributed by atoms with Crippen molar-refractivity contribution in [3.8, 4) is 5.75 Å². The number of H-pyrrole nitrogens is 1. The van der Waals surface area contributed by atoms with E-state index in [-0.39, 0.29) is 24.5 Å². The molecule has 0 radical (unpaired) electrons. The number of carbonyl (C=O) groups is 5. The van der Waals surface area contributed by atoms with Gasteiger partial charge in [0.2, 0.25) is 23.6 Å². The van der Waals surface area contributed by atoms with Gasteiger partial charge in [-0.25, -0.2) is 4.79 Å². The first-order valence-electron chi connectivity index (χ1n) is 13.8. The van der Waals surface area contributed by atoms with E-state index in [1.54, 1.807) is 6.20 Å². The number of carbonyl (C=O) groups excluding carboxylic acids is 4. The molecule has 0 aliphatic rings. The molecule has 3 rings (SSSR count). The van der Waals surface area contributed by atoms with Crippen LogP contribution in [0, 0.1) is 5.92 Å². The Labute approximate surface area is 248 Å². The summed E-state index contributed by atoms with van der Waals surface area (Å²) in [5.74, 6) is -4.44. The SMILES string of the molecule is CC(C)CC(N)C(=O)NC(CC(N)=O)C(=O)NC(Cc1ccc(O)cc1)C(=O)NC(Cc1c[nH]c2ccccc12)C(=O)O. The molecule has 1 heterocycles. The van der Waals surface area contributed by atoms with Crippen molar-refractivity contribution in [3.63, 3.8) is 0 Å². The van der Waals surface area contributed by atoms with Crippen molar-refractivity contribution in [2.24, 2.45) is 17.4 Å². The highest BCUT2D eigenvalue weighted by atomic mass is 16.4. The minimum Gasteiger partial charge on any atom is -0.508 e. The molecule has 43 heavy (non-hydrogen) atoms. The van der Waals surface area contributed by atoms with Gasteiger partial charge in [0.05, 0.1) is 12.5 Å². The Balaban J connectivity index is 1.83. The van der Waals surface area contributed by atoms with Crippen LogP contribution in [0.1, 0.15) is 37.8 Å². The number of aliphatic carboxylic acids is 1. The summed E-state index contributed by atoms with van der Waals surface area (Å²) in [6, 6.07) is 8.15. The number of hydrogen-bond acceptors (Lipinski definition) is 7.